The number of rotatable bonds is 3. The van der Waals surface area contributed by atoms with Gasteiger partial charge in [-0.15, -0.1) is 0 Å². The van der Waals surface area contributed by atoms with Crippen LogP contribution in [0.5, 0.6) is 0 Å². The van der Waals surface area contributed by atoms with E-state index in [4.69, 9.17) is 10.8 Å². The number of carboxylic acid groups (broad SMARTS) is 1. The first kappa shape index (κ1) is 11.0. The van der Waals surface area contributed by atoms with Gasteiger partial charge in [-0.2, -0.15) is 0 Å². The largest absolute Gasteiger partial charge is 0.478 e. The molecule has 0 aromatic heterocycles. The van der Waals surface area contributed by atoms with E-state index in [1.54, 1.807) is 6.92 Å². The Balaban J connectivity index is 3.06. The monoisotopic (exact) mass is 208 g/mol. The summed E-state index contributed by atoms with van der Waals surface area (Å²) in [6.07, 6.45) is 0.295. The van der Waals surface area contributed by atoms with E-state index < -0.39 is 5.97 Å². The van der Waals surface area contributed by atoms with Crippen LogP contribution >= 0.6 is 0 Å². The van der Waals surface area contributed by atoms with Crippen molar-refractivity contribution in [2.45, 2.75) is 13.3 Å². The van der Waals surface area contributed by atoms with E-state index in [9.17, 15) is 9.59 Å². The summed E-state index contributed by atoms with van der Waals surface area (Å²) in [5.74, 6) is -1.35. The van der Waals surface area contributed by atoms with Gasteiger partial charge in [0.25, 0.3) is 0 Å². The predicted octanol–water partition coefficient (Wildman–Crippen LogP) is 1.32. The number of aromatic carboxylic acids is 1. The summed E-state index contributed by atoms with van der Waals surface area (Å²) in [7, 11) is 0. The average Bonchev–Trinajstić information content (AvgIpc) is 2.20. The normalized spacial score (nSPS) is 9.67. The molecule has 80 valence electrons. The Kier molecular flexibility index (Phi) is 3.28. The Hall–Kier alpha value is -2.04. The number of hydrogen-bond donors (Lipinski definition) is 3. The maximum absolute atomic E-state index is 11.1. The highest BCUT2D eigenvalue weighted by atomic mass is 16.4. The Morgan fingerprint density at radius 1 is 1.47 bits per heavy atom. The molecule has 0 spiro atoms. The van der Waals surface area contributed by atoms with Crippen LogP contribution in [0.25, 0.3) is 0 Å². The molecule has 1 rings (SSSR count). The van der Waals surface area contributed by atoms with Gasteiger partial charge >= 0.3 is 5.97 Å². The van der Waals surface area contributed by atoms with Crippen molar-refractivity contribution >= 4 is 23.3 Å². The summed E-state index contributed by atoms with van der Waals surface area (Å²) in [5, 5.41) is 11.4. The fraction of sp³-hybridized carbons (Fsp3) is 0.200. The third-order valence-electron chi connectivity index (χ3n) is 1.87. The molecule has 0 aliphatic heterocycles. The molecule has 0 atom stereocenters. The van der Waals surface area contributed by atoms with Gasteiger partial charge in [0.05, 0.1) is 11.3 Å². The summed E-state index contributed by atoms with van der Waals surface area (Å²) in [6.45, 7) is 1.69. The van der Waals surface area contributed by atoms with E-state index >= 15 is 0 Å². The lowest BCUT2D eigenvalue weighted by molar-refractivity contribution is -0.115. The maximum Gasteiger partial charge on any atom is 0.337 e. The van der Waals surface area contributed by atoms with Crippen LogP contribution in [0.2, 0.25) is 0 Å². The highest BCUT2D eigenvalue weighted by Crippen LogP contribution is 2.19. The van der Waals surface area contributed by atoms with Gasteiger partial charge in [0.1, 0.15) is 0 Å². The van der Waals surface area contributed by atoms with Crippen molar-refractivity contribution < 1.29 is 14.7 Å². The second-order valence-corrected chi connectivity index (χ2v) is 3.01. The first-order chi connectivity index (χ1) is 7.04. The van der Waals surface area contributed by atoms with Crippen molar-refractivity contribution in [3.05, 3.63) is 23.8 Å². The van der Waals surface area contributed by atoms with Gasteiger partial charge in [-0.1, -0.05) is 6.92 Å². The Labute approximate surface area is 86.9 Å². The number of hydrogen-bond acceptors (Lipinski definition) is 3. The minimum Gasteiger partial charge on any atom is -0.478 e. The van der Waals surface area contributed by atoms with Crippen LogP contribution in [-0.2, 0) is 4.79 Å². The van der Waals surface area contributed by atoms with Gasteiger partial charge in [-0.3, -0.25) is 4.79 Å². The highest BCUT2D eigenvalue weighted by Gasteiger charge is 2.11. The van der Waals surface area contributed by atoms with E-state index in [0.717, 1.165) is 0 Å². The molecule has 5 nitrogen and oxygen atoms in total. The number of nitrogens with two attached hydrogens (primary N) is 1. The summed E-state index contributed by atoms with van der Waals surface area (Å²) in [5.41, 5.74) is 6.07. The van der Waals surface area contributed by atoms with Crippen LogP contribution in [0.1, 0.15) is 23.7 Å². The molecule has 15 heavy (non-hydrogen) atoms. The molecule has 0 aliphatic carbocycles. The molecule has 0 heterocycles. The van der Waals surface area contributed by atoms with Crippen molar-refractivity contribution in [1.82, 2.24) is 0 Å². The quantitative estimate of drug-likeness (QED) is 0.653. The van der Waals surface area contributed by atoms with Crippen LogP contribution in [0, 0.1) is 0 Å². The lowest BCUT2D eigenvalue weighted by Crippen LogP contribution is -2.13. The van der Waals surface area contributed by atoms with Gasteiger partial charge in [-0.05, 0) is 18.2 Å². The van der Waals surface area contributed by atoms with Crippen LogP contribution < -0.4 is 11.1 Å². The maximum atomic E-state index is 11.1. The van der Waals surface area contributed by atoms with Crippen LogP contribution in [0.15, 0.2) is 18.2 Å². The molecule has 0 fully saturated rings. The summed E-state index contributed by atoms with van der Waals surface area (Å²) < 4.78 is 0. The van der Waals surface area contributed by atoms with Gasteiger partial charge in [0.15, 0.2) is 0 Å². The molecular formula is C10H12N2O3. The smallest absolute Gasteiger partial charge is 0.337 e. The third-order valence-corrected chi connectivity index (χ3v) is 1.87. The van der Waals surface area contributed by atoms with Crippen molar-refractivity contribution in [3.8, 4) is 0 Å². The van der Waals surface area contributed by atoms with Crippen molar-refractivity contribution in [3.63, 3.8) is 0 Å². The number of amides is 1. The summed E-state index contributed by atoms with van der Waals surface area (Å²) in [4.78, 5) is 21.9. The molecule has 0 aliphatic rings. The summed E-state index contributed by atoms with van der Waals surface area (Å²) >= 11 is 0. The van der Waals surface area contributed by atoms with Gasteiger partial charge < -0.3 is 16.2 Å². The average molecular weight is 208 g/mol. The second kappa shape index (κ2) is 4.45. The number of nitrogens with one attached hydrogen (secondary N) is 1. The molecule has 0 unspecified atom stereocenters. The Bertz CT molecular complexity index is 402. The second-order valence-electron chi connectivity index (χ2n) is 3.01. The highest BCUT2D eigenvalue weighted by molar-refractivity contribution is 6.01. The van der Waals surface area contributed by atoms with Crippen molar-refractivity contribution in [2.75, 3.05) is 11.1 Å². The van der Waals surface area contributed by atoms with Gasteiger partial charge in [0, 0.05) is 12.1 Å². The number of carbonyl (C=O) groups excluding carboxylic acids is 1. The van der Waals surface area contributed by atoms with E-state index in [1.165, 1.54) is 18.2 Å². The lowest BCUT2D eigenvalue weighted by Gasteiger charge is -2.07. The number of benzene rings is 1. The van der Waals surface area contributed by atoms with Crippen LogP contribution in [0.4, 0.5) is 11.4 Å². The van der Waals surface area contributed by atoms with E-state index in [1.807, 2.05) is 0 Å². The molecule has 5 heteroatoms. The lowest BCUT2D eigenvalue weighted by atomic mass is 10.1. The zero-order chi connectivity index (χ0) is 11.4. The zero-order valence-electron chi connectivity index (χ0n) is 8.28. The SMILES string of the molecule is CCC(=O)Nc1ccc(N)cc1C(=O)O. The van der Waals surface area contributed by atoms with Crippen LogP contribution in [-0.4, -0.2) is 17.0 Å². The minimum absolute atomic E-state index is 0.00296. The minimum atomic E-state index is -1.12. The van der Waals surface area contributed by atoms with Crippen molar-refractivity contribution in [1.29, 1.82) is 0 Å². The van der Waals surface area contributed by atoms with Gasteiger partial charge in [-0.25, -0.2) is 4.79 Å². The first-order valence-corrected chi connectivity index (χ1v) is 4.47. The fourth-order valence-electron chi connectivity index (χ4n) is 1.09. The number of carbonyl (C=O) groups is 2. The molecule has 0 bridgehead atoms. The summed E-state index contributed by atoms with van der Waals surface area (Å²) in [6, 6.07) is 4.33. The fourth-order valence-corrected chi connectivity index (χ4v) is 1.09. The van der Waals surface area contributed by atoms with Crippen LogP contribution in [0.3, 0.4) is 0 Å². The number of anilines is 2. The molecule has 0 saturated carbocycles. The Morgan fingerprint density at radius 3 is 2.67 bits per heavy atom. The molecule has 1 aromatic rings. The Morgan fingerprint density at radius 2 is 2.13 bits per heavy atom. The molecule has 4 N–H and O–H groups in total. The zero-order valence-corrected chi connectivity index (χ0v) is 8.28. The molecule has 0 radical (unpaired) electrons. The molecule has 1 aromatic carbocycles. The van der Waals surface area contributed by atoms with E-state index in [-0.39, 0.29) is 17.2 Å². The molecule has 0 saturated heterocycles. The number of nitrogen functional groups attached to an aromatic ring is 1. The molecule has 1 amide bonds. The first-order valence-electron chi connectivity index (χ1n) is 4.47. The van der Waals surface area contributed by atoms with E-state index in [2.05, 4.69) is 5.32 Å². The topological polar surface area (TPSA) is 92.4 Å². The standard InChI is InChI=1S/C10H12N2O3/c1-2-9(13)12-8-4-3-6(11)5-7(8)10(14)15/h3-5H,2,11H2,1H3,(H,12,13)(H,14,15). The van der Waals surface area contributed by atoms with Crippen molar-refractivity contribution in [2.24, 2.45) is 0 Å². The molecular weight excluding hydrogens is 196 g/mol. The van der Waals surface area contributed by atoms with Gasteiger partial charge in [0.2, 0.25) is 5.91 Å². The predicted molar refractivity (Wildman–Crippen MR) is 56.7 cm³/mol. The number of carboxylic acids is 1. The van der Waals surface area contributed by atoms with E-state index in [0.29, 0.717) is 12.1 Å². The third kappa shape index (κ3) is 2.70.